The molecule has 10 heteroatoms. The third-order valence-corrected chi connectivity index (χ3v) is 7.84. The standard InChI is InChI=1S/C31H33Cl2N3O4.Ni/c1-20(15-17-37)28(31(39)40)35-29(22-8-3-2-4-9-22)23-10-5-6-11-26(23)34-30(38)27-12-7-16-36(27)19-21-13-14-24(32)25(33)18-21;/h2-6,8-11,13-14,18,20,27-28,37H,7,12,15-17,19H2,1H3,(H2,34,35,38,39,40);/p-1/t20-,27-,28-;/m0./s1. The van der Waals surface area contributed by atoms with E-state index in [0.717, 1.165) is 18.5 Å². The van der Waals surface area contributed by atoms with Crippen LogP contribution in [0.4, 0.5) is 5.69 Å². The molecule has 0 unspecified atom stereocenters. The summed E-state index contributed by atoms with van der Waals surface area (Å²) in [7, 11) is 0. The molecule has 1 heterocycles. The molecule has 41 heavy (non-hydrogen) atoms. The van der Waals surface area contributed by atoms with Gasteiger partial charge < -0.3 is 20.3 Å². The number of carboxylic acids is 1. The summed E-state index contributed by atoms with van der Waals surface area (Å²) in [5.41, 5.74) is 3.10. The Kier molecular flexibility index (Phi) is 12.4. The maximum atomic E-state index is 13.6. The van der Waals surface area contributed by atoms with E-state index >= 15 is 0 Å². The van der Waals surface area contributed by atoms with Gasteiger partial charge in [-0.05, 0) is 55.0 Å². The Labute approximate surface area is 260 Å². The zero-order valence-electron chi connectivity index (χ0n) is 22.5. The molecule has 0 spiro atoms. The van der Waals surface area contributed by atoms with Gasteiger partial charge in [0.05, 0.1) is 27.7 Å². The Bertz CT molecular complexity index is 1370. The molecule has 2 N–H and O–H groups in total. The summed E-state index contributed by atoms with van der Waals surface area (Å²) in [6.07, 6.45) is 1.85. The fourth-order valence-electron chi connectivity index (χ4n) is 4.95. The quantitative estimate of drug-likeness (QED) is 0.184. The maximum Gasteiger partial charge on any atom is 0.328 e. The van der Waals surface area contributed by atoms with E-state index in [-0.39, 0.29) is 29.0 Å². The van der Waals surface area contributed by atoms with Crippen LogP contribution in [0.5, 0.6) is 0 Å². The molecular weight excluding hydrogens is 608 g/mol. The van der Waals surface area contributed by atoms with E-state index in [2.05, 4.69) is 15.2 Å². The second kappa shape index (κ2) is 15.5. The summed E-state index contributed by atoms with van der Waals surface area (Å²) < 4.78 is 0. The summed E-state index contributed by atoms with van der Waals surface area (Å²) in [6.45, 7) is 2.92. The van der Waals surface area contributed by atoms with Gasteiger partial charge in [-0.1, -0.05) is 90.8 Å². The van der Waals surface area contributed by atoms with Gasteiger partial charge in [0.2, 0.25) is 0 Å². The summed E-state index contributed by atoms with van der Waals surface area (Å²) in [5.74, 6) is -1.75. The number of amides is 1. The van der Waals surface area contributed by atoms with Crippen LogP contribution in [0.25, 0.3) is 5.32 Å². The molecular formula is C31H32Cl2N3NiO4-. The van der Waals surface area contributed by atoms with E-state index < -0.39 is 24.0 Å². The van der Waals surface area contributed by atoms with E-state index in [0.29, 0.717) is 52.0 Å². The first kappa shape index (κ1) is 32.8. The molecule has 1 amide bonds. The topological polar surface area (TPSA) is 104 Å². The summed E-state index contributed by atoms with van der Waals surface area (Å²) in [6, 6.07) is 20.4. The van der Waals surface area contributed by atoms with Gasteiger partial charge in [-0.3, -0.25) is 9.89 Å². The molecule has 1 aliphatic rings. The van der Waals surface area contributed by atoms with Gasteiger partial charge in [0.25, 0.3) is 0 Å². The number of carbonyl (C=O) groups excluding carboxylic acids is 1. The minimum absolute atomic E-state index is 0. The second-order valence-corrected chi connectivity index (χ2v) is 10.8. The number of aliphatic hydroxyl groups is 1. The number of aliphatic imine (C=N–C) groups is 1. The van der Waals surface area contributed by atoms with Crippen LogP contribution in [-0.2, 0) is 32.6 Å². The van der Waals surface area contributed by atoms with Crippen LogP contribution in [0, 0.1) is 5.92 Å². The van der Waals surface area contributed by atoms with Crippen LogP contribution in [0.3, 0.4) is 0 Å². The van der Waals surface area contributed by atoms with Crippen molar-refractivity contribution < 1.29 is 36.3 Å². The number of benzene rings is 3. The van der Waals surface area contributed by atoms with Crippen LogP contribution >= 0.6 is 23.2 Å². The van der Waals surface area contributed by atoms with Crippen molar-refractivity contribution in [2.45, 2.75) is 44.8 Å². The van der Waals surface area contributed by atoms with Crippen molar-refractivity contribution in [1.82, 2.24) is 4.90 Å². The Morgan fingerprint density at radius 1 is 1.05 bits per heavy atom. The first-order valence-electron chi connectivity index (χ1n) is 13.3. The van der Waals surface area contributed by atoms with Crippen molar-refractivity contribution in [2.75, 3.05) is 13.2 Å². The van der Waals surface area contributed by atoms with Crippen molar-refractivity contribution in [3.8, 4) is 0 Å². The number of carbonyl (C=O) groups is 2. The van der Waals surface area contributed by atoms with Gasteiger partial charge in [-0.25, -0.2) is 4.79 Å². The molecule has 3 atom stereocenters. The number of para-hydroxylation sites is 1. The molecule has 1 saturated heterocycles. The van der Waals surface area contributed by atoms with Crippen molar-refractivity contribution in [1.29, 1.82) is 0 Å². The number of hydrogen-bond donors (Lipinski definition) is 2. The fourth-order valence-corrected chi connectivity index (χ4v) is 5.27. The maximum absolute atomic E-state index is 13.6. The zero-order valence-corrected chi connectivity index (χ0v) is 25.0. The van der Waals surface area contributed by atoms with Crippen LogP contribution in [0.15, 0.2) is 77.8 Å². The van der Waals surface area contributed by atoms with Crippen molar-refractivity contribution in [3.05, 3.63) is 105 Å². The average Bonchev–Trinajstić information content (AvgIpc) is 3.40. The Morgan fingerprint density at radius 2 is 1.76 bits per heavy atom. The fraction of sp³-hybridized carbons (Fsp3) is 0.323. The first-order chi connectivity index (χ1) is 19.3. The number of rotatable bonds is 11. The van der Waals surface area contributed by atoms with Crippen LogP contribution < -0.4 is 0 Å². The largest absolute Gasteiger partial charge is 0.625 e. The number of halogens is 2. The number of hydrogen-bond acceptors (Lipinski definition) is 5. The average molecular weight is 640 g/mol. The molecule has 220 valence electrons. The van der Waals surface area contributed by atoms with Crippen molar-refractivity contribution in [3.63, 3.8) is 0 Å². The third-order valence-electron chi connectivity index (χ3n) is 7.10. The smallest absolute Gasteiger partial charge is 0.328 e. The molecule has 0 saturated carbocycles. The van der Waals surface area contributed by atoms with Gasteiger partial charge in [0.15, 0.2) is 6.04 Å². The van der Waals surface area contributed by atoms with Crippen LogP contribution in [-0.4, -0.2) is 57.9 Å². The Balaban J connectivity index is 0.00000462. The predicted molar refractivity (Wildman–Crippen MR) is 159 cm³/mol. The van der Waals surface area contributed by atoms with Crippen molar-refractivity contribution >= 4 is 46.5 Å². The van der Waals surface area contributed by atoms with Gasteiger partial charge in [0, 0.05) is 35.2 Å². The van der Waals surface area contributed by atoms with Gasteiger partial charge in [0.1, 0.15) is 0 Å². The molecule has 0 aliphatic carbocycles. The SMILES string of the molecule is C[C@@H](CCO)[C@H](N=C(c1ccccc1)c1ccccc1[N-]C(=O)[C@@H]1CCCN1Cc1ccc(Cl)c(Cl)c1)C(=O)O.[Ni]. The molecule has 4 rings (SSSR count). The van der Waals surface area contributed by atoms with Gasteiger partial charge in [-0.15, -0.1) is 5.69 Å². The molecule has 0 aromatic heterocycles. The monoisotopic (exact) mass is 638 g/mol. The normalized spacial score (nSPS) is 17.0. The van der Waals surface area contributed by atoms with Gasteiger partial charge >= 0.3 is 5.97 Å². The predicted octanol–water partition coefficient (Wildman–Crippen LogP) is 6.50. The van der Waals surface area contributed by atoms with Crippen molar-refractivity contribution in [2.24, 2.45) is 10.9 Å². The molecule has 0 radical (unpaired) electrons. The minimum atomic E-state index is -1.08. The molecule has 3 aromatic rings. The summed E-state index contributed by atoms with van der Waals surface area (Å²) >= 11 is 12.3. The molecule has 0 bridgehead atoms. The Morgan fingerprint density at radius 3 is 2.44 bits per heavy atom. The number of aliphatic carboxylic acids is 1. The number of carboxylic acid groups (broad SMARTS) is 1. The molecule has 3 aromatic carbocycles. The van der Waals surface area contributed by atoms with E-state index in [4.69, 9.17) is 23.2 Å². The number of aliphatic hydroxyl groups excluding tert-OH is 1. The molecule has 1 aliphatic heterocycles. The third kappa shape index (κ3) is 8.40. The van der Waals surface area contributed by atoms with E-state index in [1.165, 1.54) is 0 Å². The minimum Gasteiger partial charge on any atom is -0.625 e. The van der Waals surface area contributed by atoms with E-state index in [9.17, 15) is 19.8 Å². The number of likely N-dealkylation sites (tertiary alicyclic amines) is 1. The molecule has 7 nitrogen and oxygen atoms in total. The Hall–Kier alpha value is -2.74. The summed E-state index contributed by atoms with van der Waals surface area (Å²) in [5, 5.41) is 24.9. The second-order valence-electron chi connectivity index (χ2n) is 9.96. The summed E-state index contributed by atoms with van der Waals surface area (Å²) in [4.78, 5) is 32.5. The number of nitrogens with zero attached hydrogens (tertiary/aromatic N) is 3. The molecule has 1 fully saturated rings. The first-order valence-corrected chi connectivity index (χ1v) is 14.0. The van der Waals surface area contributed by atoms with Crippen LogP contribution in [0.2, 0.25) is 10.0 Å². The zero-order chi connectivity index (χ0) is 28.6. The van der Waals surface area contributed by atoms with E-state index in [1.54, 1.807) is 31.2 Å². The van der Waals surface area contributed by atoms with Crippen LogP contribution in [0.1, 0.15) is 42.9 Å². The van der Waals surface area contributed by atoms with E-state index in [1.807, 2.05) is 48.5 Å². The van der Waals surface area contributed by atoms with Gasteiger partial charge in [-0.2, -0.15) is 0 Å².